The predicted octanol–water partition coefficient (Wildman–Crippen LogP) is 2.92. The first-order valence-electron chi connectivity index (χ1n) is 5.91. The summed E-state index contributed by atoms with van der Waals surface area (Å²) in [5.74, 6) is 1.03. The minimum Gasteiger partial charge on any atom is -0.303 e. The lowest BCUT2D eigenvalue weighted by molar-refractivity contribution is -0.121. The van der Waals surface area contributed by atoms with Crippen LogP contribution in [0.25, 0.3) is 0 Å². The summed E-state index contributed by atoms with van der Waals surface area (Å²) in [5, 5.41) is 0. The monoisotopic (exact) mass is 208 g/mol. The van der Waals surface area contributed by atoms with Crippen molar-refractivity contribution in [2.24, 2.45) is 11.8 Å². The molecular formula is C13H20O2. The van der Waals surface area contributed by atoms with Crippen LogP contribution in [-0.4, -0.2) is 12.1 Å². The van der Waals surface area contributed by atoms with Crippen LogP contribution in [0.2, 0.25) is 0 Å². The van der Waals surface area contributed by atoms with Crippen LogP contribution in [0, 0.1) is 11.8 Å². The van der Waals surface area contributed by atoms with E-state index in [2.05, 4.69) is 19.1 Å². The van der Waals surface area contributed by atoms with Crippen LogP contribution in [0.4, 0.5) is 0 Å². The Morgan fingerprint density at radius 2 is 2.20 bits per heavy atom. The van der Waals surface area contributed by atoms with Crippen molar-refractivity contribution in [3.8, 4) is 0 Å². The minimum absolute atomic E-state index is 0.188. The van der Waals surface area contributed by atoms with Crippen molar-refractivity contribution in [2.75, 3.05) is 0 Å². The molecule has 2 atom stereocenters. The van der Waals surface area contributed by atoms with Gasteiger partial charge in [0.05, 0.1) is 0 Å². The van der Waals surface area contributed by atoms with Gasteiger partial charge >= 0.3 is 0 Å². The van der Waals surface area contributed by atoms with Gasteiger partial charge in [-0.1, -0.05) is 19.1 Å². The number of hydrogen-bond donors (Lipinski definition) is 0. The normalized spacial score (nSPS) is 26.3. The zero-order valence-electron chi connectivity index (χ0n) is 9.45. The molecule has 2 nitrogen and oxygen atoms in total. The summed E-state index contributed by atoms with van der Waals surface area (Å²) in [5.41, 5.74) is 0. The molecule has 2 unspecified atom stereocenters. The van der Waals surface area contributed by atoms with Crippen LogP contribution >= 0.6 is 0 Å². The molecule has 0 bridgehead atoms. The van der Waals surface area contributed by atoms with Gasteiger partial charge in [0.15, 0.2) is 0 Å². The summed E-state index contributed by atoms with van der Waals surface area (Å²) in [6.07, 6.45) is 10.3. The molecule has 84 valence electrons. The first-order valence-corrected chi connectivity index (χ1v) is 5.91. The van der Waals surface area contributed by atoms with E-state index < -0.39 is 0 Å². The van der Waals surface area contributed by atoms with E-state index in [0.717, 1.165) is 32.0 Å². The Balaban J connectivity index is 2.44. The predicted molar refractivity (Wildman–Crippen MR) is 60.6 cm³/mol. The maximum Gasteiger partial charge on any atom is 0.136 e. The van der Waals surface area contributed by atoms with E-state index in [4.69, 9.17) is 0 Å². The van der Waals surface area contributed by atoms with Gasteiger partial charge in [-0.05, 0) is 31.6 Å². The molecule has 0 aliphatic heterocycles. The zero-order valence-corrected chi connectivity index (χ0v) is 9.45. The van der Waals surface area contributed by atoms with Gasteiger partial charge in [-0.15, -0.1) is 0 Å². The highest BCUT2D eigenvalue weighted by Crippen LogP contribution is 2.34. The standard InChI is InChI=1S/C13H20O2/c1-2-3-4-7-12-11(6-5-10-14)8-9-13(12)15/h3-4,10-12H,2,5-9H2,1H3. The van der Waals surface area contributed by atoms with Gasteiger partial charge in [0.1, 0.15) is 12.1 Å². The fourth-order valence-corrected chi connectivity index (χ4v) is 2.34. The van der Waals surface area contributed by atoms with Crippen LogP contribution < -0.4 is 0 Å². The summed E-state index contributed by atoms with van der Waals surface area (Å²) < 4.78 is 0. The topological polar surface area (TPSA) is 34.1 Å². The zero-order chi connectivity index (χ0) is 11.1. The lowest BCUT2D eigenvalue weighted by atomic mass is 9.88. The third kappa shape index (κ3) is 3.61. The highest BCUT2D eigenvalue weighted by atomic mass is 16.1. The van der Waals surface area contributed by atoms with Gasteiger partial charge in [0, 0.05) is 18.8 Å². The SMILES string of the molecule is CCC=CCC1C(=O)CCC1CCC=O. The Morgan fingerprint density at radius 3 is 2.87 bits per heavy atom. The van der Waals surface area contributed by atoms with Crippen molar-refractivity contribution in [1.29, 1.82) is 0 Å². The number of Topliss-reactive ketones (excluding diaryl/α,β-unsaturated/α-hetero) is 1. The Labute approximate surface area is 91.7 Å². The van der Waals surface area contributed by atoms with Crippen molar-refractivity contribution < 1.29 is 9.59 Å². The molecule has 1 fully saturated rings. The van der Waals surface area contributed by atoms with E-state index in [9.17, 15) is 9.59 Å². The van der Waals surface area contributed by atoms with Gasteiger partial charge in [0.2, 0.25) is 0 Å². The molecule has 1 saturated carbocycles. The quantitative estimate of drug-likeness (QED) is 0.497. The summed E-state index contributed by atoms with van der Waals surface area (Å²) >= 11 is 0. The fraction of sp³-hybridized carbons (Fsp3) is 0.692. The molecule has 1 aliphatic rings. The van der Waals surface area contributed by atoms with E-state index in [1.807, 2.05) is 0 Å². The molecule has 0 saturated heterocycles. The summed E-state index contributed by atoms with van der Waals surface area (Å²) in [6, 6.07) is 0. The molecule has 1 aliphatic carbocycles. The average molecular weight is 208 g/mol. The van der Waals surface area contributed by atoms with Gasteiger partial charge in [-0.2, -0.15) is 0 Å². The van der Waals surface area contributed by atoms with Crippen molar-refractivity contribution in [2.45, 2.75) is 45.4 Å². The third-order valence-electron chi connectivity index (χ3n) is 3.19. The fourth-order valence-electron chi connectivity index (χ4n) is 2.34. The largest absolute Gasteiger partial charge is 0.303 e. The molecule has 0 spiro atoms. The van der Waals surface area contributed by atoms with E-state index in [-0.39, 0.29) is 5.92 Å². The van der Waals surface area contributed by atoms with Crippen molar-refractivity contribution in [3.63, 3.8) is 0 Å². The van der Waals surface area contributed by atoms with Crippen molar-refractivity contribution >= 4 is 12.1 Å². The molecule has 1 rings (SSSR count). The first-order chi connectivity index (χ1) is 7.29. The Kier molecular flexibility index (Phi) is 5.30. The second-order valence-electron chi connectivity index (χ2n) is 4.23. The van der Waals surface area contributed by atoms with Crippen LogP contribution in [0.5, 0.6) is 0 Å². The number of aldehydes is 1. The summed E-state index contributed by atoms with van der Waals surface area (Å²) in [7, 11) is 0. The van der Waals surface area contributed by atoms with Crippen molar-refractivity contribution in [1.82, 2.24) is 0 Å². The van der Waals surface area contributed by atoms with Crippen LogP contribution in [0.3, 0.4) is 0 Å². The first kappa shape index (κ1) is 12.2. The summed E-state index contributed by atoms with van der Waals surface area (Å²) in [6.45, 7) is 2.09. The van der Waals surface area contributed by atoms with Crippen molar-refractivity contribution in [3.05, 3.63) is 12.2 Å². The van der Waals surface area contributed by atoms with Gasteiger partial charge in [-0.25, -0.2) is 0 Å². The number of carbonyl (C=O) groups is 2. The number of allylic oxidation sites excluding steroid dienone is 2. The molecule has 15 heavy (non-hydrogen) atoms. The van der Waals surface area contributed by atoms with Crippen LogP contribution in [0.15, 0.2) is 12.2 Å². The average Bonchev–Trinajstić information content (AvgIpc) is 2.58. The molecule has 2 heteroatoms. The van der Waals surface area contributed by atoms with Crippen LogP contribution in [0.1, 0.15) is 45.4 Å². The van der Waals surface area contributed by atoms with Gasteiger partial charge < -0.3 is 4.79 Å². The lowest BCUT2D eigenvalue weighted by Crippen LogP contribution is -2.14. The highest BCUT2D eigenvalue weighted by molar-refractivity contribution is 5.83. The van der Waals surface area contributed by atoms with Crippen LogP contribution in [-0.2, 0) is 9.59 Å². The smallest absolute Gasteiger partial charge is 0.136 e. The highest BCUT2D eigenvalue weighted by Gasteiger charge is 2.32. The molecule has 0 amide bonds. The number of hydrogen-bond acceptors (Lipinski definition) is 2. The molecular weight excluding hydrogens is 188 g/mol. The Bertz CT molecular complexity index is 243. The van der Waals surface area contributed by atoms with E-state index >= 15 is 0 Å². The number of carbonyl (C=O) groups excluding carboxylic acids is 2. The minimum atomic E-state index is 0.188. The molecule has 0 heterocycles. The maximum absolute atomic E-state index is 11.6. The molecule has 0 aromatic rings. The molecule has 0 aromatic heterocycles. The Morgan fingerprint density at radius 1 is 1.40 bits per heavy atom. The molecule has 0 N–H and O–H groups in total. The Hall–Kier alpha value is -0.920. The van der Waals surface area contributed by atoms with E-state index in [1.165, 1.54) is 0 Å². The third-order valence-corrected chi connectivity index (χ3v) is 3.19. The van der Waals surface area contributed by atoms with Gasteiger partial charge in [-0.3, -0.25) is 4.79 Å². The second kappa shape index (κ2) is 6.54. The van der Waals surface area contributed by atoms with E-state index in [0.29, 0.717) is 24.5 Å². The van der Waals surface area contributed by atoms with Gasteiger partial charge in [0.25, 0.3) is 0 Å². The molecule has 0 aromatic carbocycles. The number of ketones is 1. The second-order valence-corrected chi connectivity index (χ2v) is 4.23. The molecule has 0 radical (unpaired) electrons. The summed E-state index contributed by atoms with van der Waals surface area (Å²) in [4.78, 5) is 21.9. The number of rotatable bonds is 6. The lowest BCUT2D eigenvalue weighted by Gasteiger charge is -2.15. The maximum atomic E-state index is 11.6. The van der Waals surface area contributed by atoms with E-state index in [1.54, 1.807) is 0 Å².